The summed E-state index contributed by atoms with van der Waals surface area (Å²) in [6.07, 6.45) is 0.735. The maximum atomic E-state index is 9.47. The third-order valence-corrected chi connectivity index (χ3v) is 4.54. The molecule has 3 atom stereocenters. The number of alkyl halides is 1. The van der Waals surface area contributed by atoms with Gasteiger partial charge >= 0.3 is 0 Å². The number of hydrogen-bond donors (Lipinski definition) is 2. The fourth-order valence-electron chi connectivity index (χ4n) is 3.02. The summed E-state index contributed by atoms with van der Waals surface area (Å²) >= 11 is 12.0. The van der Waals surface area contributed by atoms with E-state index in [1.54, 1.807) is 0 Å². The number of hydrogen-bond acceptors (Lipinski definition) is 3. The number of anilines is 2. The van der Waals surface area contributed by atoms with E-state index in [1.165, 1.54) is 6.42 Å². The van der Waals surface area contributed by atoms with E-state index in [0.717, 1.165) is 29.5 Å². The second-order valence-electron chi connectivity index (χ2n) is 6.21. The molecule has 2 rings (SSSR count). The van der Waals surface area contributed by atoms with E-state index in [9.17, 15) is 5.11 Å². The molecule has 0 spiro atoms. The van der Waals surface area contributed by atoms with E-state index in [-0.39, 0.29) is 5.88 Å². The molecule has 1 fully saturated rings. The van der Waals surface area contributed by atoms with Crippen molar-refractivity contribution < 1.29 is 5.11 Å². The molecular formula is C16H24Cl2N2O. The van der Waals surface area contributed by atoms with Crippen LogP contribution in [0.2, 0.25) is 5.02 Å². The molecule has 1 aromatic rings. The highest BCUT2D eigenvalue weighted by atomic mass is 35.5. The van der Waals surface area contributed by atoms with E-state index < -0.39 is 6.10 Å². The summed E-state index contributed by atoms with van der Waals surface area (Å²) in [5, 5.41) is 13.4. The van der Waals surface area contributed by atoms with Gasteiger partial charge in [-0.1, -0.05) is 25.4 Å². The maximum absolute atomic E-state index is 9.47. The second-order valence-corrected chi connectivity index (χ2v) is 6.92. The predicted molar refractivity (Wildman–Crippen MR) is 91.8 cm³/mol. The summed E-state index contributed by atoms with van der Waals surface area (Å²) in [6, 6.07) is 5.98. The summed E-state index contributed by atoms with van der Waals surface area (Å²) in [4.78, 5) is 2.37. The first-order valence-corrected chi connectivity index (χ1v) is 8.43. The van der Waals surface area contributed by atoms with Gasteiger partial charge in [0.05, 0.1) is 22.7 Å². The first-order valence-electron chi connectivity index (χ1n) is 7.52. The zero-order valence-corrected chi connectivity index (χ0v) is 14.2. The zero-order valence-electron chi connectivity index (χ0n) is 12.6. The van der Waals surface area contributed by atoms with Crippen LogP contribution in [0.25, 0.3) is 0 Å². The van der Waals surface area contributed by atoms with E-state index >= 15 is 0 Å². The Bertz CT molecular complexity index is 460. The molecule has 1 aliphatic rings. The van der Waals surface area contributed by atoms with Crippen molar-refractivity contribution in [1.29, 1.82) is 0 Å². The average molecular weight is 331 g/mol. The number of nitrogens with one attached hydrogen (secondary N) is 1. The Morgan fingerprint density at radius 1 is 1.33 bits per heavy atom. The quantitative estimate of drug-likeness (QED) is 0.805. The van der Waals surface area contributed by atoms with Crippen molar-refractivity contribution in [3.05, 3.63) is 23.2 Å². The summed E-state index contributed by atoms with van der Waals surface area (Å²) in [6.45, 7) is 7.13. The van der Waals surface area contributed by atoms with Crippen molar-refractivity contribution in [2.75, 3.05) is 35.7 Å². The topological polar surface area (TPSA) is 35.5 Å². The lowest BCUT2D eigenvalue weighted by Crippen LogP contribution is -2.38. The lowest BCUT2D eigenvalue weighted by Gasteiger charge is -2.37. The molecule has 0 aliphatic carbocycles. The highest BCUT2D eigenvalue weighted by Gasteiger charge is 2.23. The fraction of sp³-hybridized carbons (Fsp3) is 0.625. The Morgan fingerprint density at radius 3 is 2.57 bits per heavy atom. The molecule has 1 heterocycles. The van der Waals surface area contributed by atoms with E-state index in [0.29, 0.717) is 18.4 Å². The molecule has 0 amide bonds. The Hall–Kier alpha value is -0.640. The Labute approximate surface area is 137 Å². The Morgan fingerprint density at radius 2 is 2.00 bits per heavy atom. The molecule has 1 saturated heterocycles. The molecule has 2 N–H and O–H groups in total. The van der Waals surface area contributed by atoms with Crippen LogP contribution in [0.5, 0.6) is 0 Å². The second kappa shape index (κ2) is 7.57. The van der Waals surface area contributed by atoms with Crippen LogP contribution in [0.15, 0.2) is 18.2 Å². The van der Waals surface area contributed by atoms with Crippen LogP contribution in [0.1, 0.15) is 20.3 Å². The van der Waals surface area contributed by atoms with Gasteiger partial charge in [-0.25, -0.2) is 0 Å². The average Bonchev–Trinajstić information content (AvgIpc) is 2.43. The predicted octanol–water partition coefficient (Wildman–Crippen LogP) is 3.83. The molecule has 0 radical (unpaired) electrons. The van der Waals surface area contributed by atoms with E-state index in [2.05, 4.69) is 30.1 Å². The largest absolute Gasteiger partial charge is 0.390 e. The van der Waals surface area contributed by atoms with Gasteiger partial charge in [0.2, 0.25) is 0 Å². The molecule has 0 aromatic heterocycles. The highest BCUT2D eigenvalue weighted by Crippen LogP contribution is 2.33. The molecule has 1 aliphatic heterocycles. The van der Waals surface area contributed by atoms with E-state index in [4.69, 9.17) is 23.2 Å². The van der Waals surface area contributed by atoms with Gasteiger partial charge in [-0.05, 0) is 36.5 Å². The number of aliphatic hydroxyl groups excluding tert-OH is 1. The van der Waals surface area contributed by atoms with Crippen LogP contribution in [0, 0.1) is 11.8 Å². The van der Waals surface area contributed by atoms with Crippen LogP contribution < -0.4 is 10.2 Å². The van der Waals surface area contributed by atoms with Crippen molar-refractivity contribution in [2.45, 2.75) is 26.4 Å². The molecular weight excluding hydrogens is 307 g/mol. The van der Waals surface area contributed by atoms with Gasteiger partial charge in [-0.2, -0.15) is 0 Å². The van der Waals surface area contributed by atoms with Gasteiger partial charge in [0, 0.05) is 25.3 Å². The third-order valence-electron chi connectivity index (χ3n) is 3.88. The minimum Gasteiger partial charge on any atom is -0.390 e. The van der Waals surface area contributed by atoms with Crippen LogP contribution >= 0.6 is 23.2 Å². The number of halogens is 2. The van der Waals surface area contributed by atoms with Gasteiger partial charge < -0.3 is 15.3 Å². The van der Waals surface area contributed by atoms with Crippen molar-refractivity contribution >= 4 is 34.6 Å². The molecule has 3 unspecified atom stereocenters. The van der Waals surface area contributed by atoms with Crippen molar-refractivity contribution in [3.8, 4) is 0 Å². The SMILES string of the molecule is CC1CC(C)CN(c2ccc(NCC(O)CCl)cc2Cl)C1. The minimum absolute atomic E-state index is 0.225. The van der Waals surface area contributed by atoms with Gasteiger partial charge in [-0.3, -0.25) is 0 Å². The minimum atomic E-state index is -0.547. The molecule has 21 heavy (non-hydrogen) atoms. The van der Waals surface area contributed by atoms with Crippen molar-refractivity contribution in [1.82, 2.24) is 0 Å². The standard InChI is InChI=1S/C16H24Cl2N2O/c1-11-5-12(2)10-20(9-11)16-4-3-13(6-15(16)18)19-8-14(21)7-17/h3-4,6,11-12,14,19,21H,5,7-10H2,1-2H3. The van der Waals surface area contributed by atoms with Crippen LogP contribution in [0.4, 0.5) is 11.4 Å². The molecule has 5 heteroatoms. The first-order chi connectivity index (χ1) is 9.99. The first kappa shape index (κ1) is 16.7. The van der Waals surface area contributed by atoms with Crippen LogP contribution in [-0.2, 0) is 0 Å². The van der Waals surface area contributed by atoms with Gasteiger partial charge in [0.15, 0.2) is 0 Å². The molecule has 0 saturated carbocycles. The third kappa shape index (κ3) is 4.67. The van der Waals surface area contributed by atoms with Crippen molar-refractivity contribution in [3.63, 3.8) is 0 Å². The van der Waals surface area contributed by atoms with Gasteiger partial charge in [0.1, 0.15) is 0 Å². The van der Waals surface area contributed by atoms with Crippen molar-refractivity contribution in [2.24, 2.45) is 11.8 Å². The number of rotatable bonds is 5. The number of aliphatic hydroxyl groups is 1. The van der Waals surface area contributed by atoms with Crippen LogP contribution in [0.3, 0.4) is 0 Å². The highest BCUT2D eigenvalue weighted by molar-refractivity contribution is 6.33. The number of benzene rings is 1. The lowest BCUT2D eigenvalue weighted by molar-refractivity contribution is 0.211. The summed E-state index contributed by atoms with van der Waals surface area (Å²) < 4.78 is 0. The normalized spacial score (nSPS) is 24.0. The summed E-state index contributed by atoms with van der Waals surface area (Å²) in [5.74, 6) is 1.62. The van der Waals surface area contributed by atoms with Crippen LogP contribution in [-0.4, -0.2) is 36.7 Å². The van der Waals surface area contributed by atoms with Gasteiger partial charge in [-0.15, -0.1) is 11.6 Å². The Balaban J connectivity index is 2.05. The lowest BCUT2D eigenvalue weighted by atomic mass is 9.91. The number of nitrogens with zero attached hydrogens (tertiary/aromatic N) is 1. The number of piperidine rings is 1. The zero-order chi connectivity index (χ0) is 15.4. The smallest absolute Gasteiger partial charge is 0.0847 e. The maximum Gasteiger partial charge on any atom is 0.0847 e. The fourth-order valence-corrected chi connectivity index (χ4v) is 3.43. The summed E-state index contributed by atoms with van der Waals surface area (Å²) in [5.41, 5.74) is 2.00. The van der Waals surface area contributed by atoms with E-state index in [1.807, 2.05) is 12.1 Å². The molecule has 1 aromatic carbocycles. The van der Waals surface area contributed by atoms with Gasteiger partial charge in [0.25, 0.3) is 0 Å². The molecule has 118 valence electrons. The summed E-state index contributed by atoms with van der Waals surface area (Å²) in [7, 11) is 0. The monoisotopic (exact) mass is 330 g/mol. The molecule has 0 bridgehead atoms. The molecule has 3 nitrogen and oxygen atoms in total. The Kier molecular flexibility index (Phi) is 6.03.